The standard InChI is InChI=1S/C17H20N2O5S/c1-23-12-4-5-13(15(7-12)24-2)14(8-17(21)22)19-16(20)6-3-11-9-25-10-18-11/h4-5,7,9-10,14H,3,6,8H2,1-2H3,(H,19,20)(H,21,22). The van der Waals surface area contributed by atoms with Crippen LogP contribution in [-0.4, -0.2) is 36.2 Å². The molecular formula is C17H20N2O5S. The van der Waals surface area contributed by atoms with E-state index in [9.17, 15) is 14.7 Å². The maximum atomic E-state index is 12.2. The van der Waals surface area contributed by atoms with E-state index in [1.54, 1.807) is 23.7 Å². The monoisotopic (exact) mass is 364 g/mol. The molecular weight excluding hydrogens is 344 g/mol. The fourth-order valence-electron chi connectivity index (χ4n) is 2.39. The first-order chi connectivity index (χ1) is 12.0. The van der Waals surface area contributed by atoms with Crippen LogP contribution in [0.2, 0.25) is 0 Å². The van der Waals surface area contributed by atoms with Crippen LogP contribution in [0.1, 0.15) is 30.1 Å². The van der Waals surface area contributed by atoms with Gasteiger partial charge in [0.25, 0.3) is 0 Å². The van der Waals surface area contributed by atoms with Gasteiger partial charge < -0.3 is 19.9 Å². The van der Waals surface area contributed by atoms with Gasteiger partial charge >= 0.3 is 5.97 Å². The molecule has 1 heterocycles. The molecule has 1 atom stereocenters. The number of aryl methyl sites for hydroxylation is 1. The molecule has 0 aliphatic rings. The Kier molecular flexibility index (Phi) is 6.76. The number of carbonyl (C=O) groups excluding carboxylic acids is 1. The van der Waals surface area contributed by atoms with Crippen molar-refractivity contribution in [1.82, 2.24) is 10.3 Å². The van der Waals surface area contributed by atoms with E-state index in [0.717, 1.165) is 5.69 Å². The molecule has 0 radical (unpaired) electrons. The number of benzene rings is 1. The number of carboxylic acid groups (broad SMARTS) is 1. The summed E-state index contributed by atoms with van der Waals surface area (Å²) in [5.74, 6) is -0.199. The van der Waals surface area contributed by atoms with Crippen LogP contribution in [0.4, 0.5) is 0 Å². The van der Waals surface area contributed by atoms with E-state index in [1.807, 2.05) is 5.38 Å². The van der Waals surface area contributed by atoms with Crippen LogP contribution in [0, 0.1) is 0 Å². The van der Waals surface area contributed by atoms with Gasteiger partial charge in [-0.05, 0) is 18.6 Å². The van der Waals surface area contributed by atoms with E-state index in [4.69, 9.17) is 9.47 Å². The Hall–Kier alpha value is -2.61. The summed E-state index contributed by atoms with van der Waals surface area (Å²) in [5, 5.41) is 13.8. The lowest BCUT2D eigenvalue weighted by Gasteiger charge is -2.20. The number of carbonyl (C=O) groups is 2. The zero-order chi connectivity index (χ0) is 18.2. The van der Waals surface area contributed by atoms with Crippen LogP contribution in [0.15, 0.2) is 29.1 Å². The Morgan fingerprint density at radius 2 is 2.12 bits per heavy atom. The van der Waals surface area contributed by atoms with Crippen molar-refractivity contribution in [3.05, 3.63) is 40.3 Å². The van der Waals surface area contributed by atoms with Crippen LogP contribution in [0.25, 0.3) is 0 Å². The molecule has 25 heavy (non-hydrogen) atoms. The zero-order valence-electron chi connectivity index (χ0n) is 14.0. The minimum Gasteiger partial charge on any atom is -0.497 e. The fourth-order valence-corrected chi connectivity index (χ4v) is 2.98. The molecule has 0 spiro atoms. The molecule has 0 aliphatic carbocycles. The summed E-state index contributed by atoms with van der Waals surface area (Å²) < 4.78 is 10.5. The van der Waals surface area contributed by atoms with Crippen LogP contribution in [-0.2, 0) is 16.0 Å². The summed E-state index contributed by atoms with van der Waals surface area (Å²) in [6.45, 7) is 0. The van der Waals surface area contributed by atoms with Gasteiger partial charge in [0.1, 0.15) is 11.5 Å². The molecule has 8 heteroatoms. The zero-order valence-corrected chi connectivity index (χ0v) is 14.8. The maximum Gasteiger partial charge on any atom is 0.305 e. The predicted octanol–water partition coefficient (Wildman–Crippen LogP) is 2.43. The van der Waals surface area contributed by atoms with E-state index in [0.29, 0.717) is 23.5 Å². The fraction of sp³-hybridized carbons (Fsp3) is 0.353. The van der Waals surface area contributed by atoms with Gasteiger partial charge in [-0.2, -0.15) is 0 Å². The van der Waals surface area contributed by atoms with Crippen molar-refractivity contribution in [2.24, 2.45) is 0 Å². The highest BCUT2D eigenvalue weighted by Crippen LogP contribution is 2.31. The Balaban J connectivity index is 2.12. The Labute approximate surface area is 149 Å². The molecule has 2 N–H and O–H groups in total. The van der Waals surface area contributed by atoms with Gasteiger partial charge in [0.2, 0.25) is 5.91 Å². The van der Waals surface area contributed by atoms with Gasteiger partial charge in [0, 0.05) is 23.4 Å². The van der Waals surface area contributed by atoms with E-state index in [-0.39, 0.29) is 18.7 Å². The van der Waals surface area contributed by atoms with Crippen molar-refractivity contribution < 1.29 is 24.2 Å². The molecule has 7 nitrogen and oxygen atoms in total. The van der Waals surface area contributed by atoms with Gasteiger partial charge in [0.15, 0.2) is 0 Å². The average Bonchev–Trinajstić information content (AvgIpc) is 3.12. The number of hydrogen-bond donors (Lipinski definition) is 2. The first-order valence-electron chi connectivity index (χ1n) is 7.63. The Bertz CT molecular complexity index is 718. The molecule has 0 bridgehead atoms. The Morgan fingerprint density at radius 1 is 1.32 bits per heavy atom. The van der Waals surface area contributed by atoms with E-state index < -0.39 is 12.0 Å². The second-order valence-electron chi connectivity index (χ2n) is 5.31. The van der Waals surface area contributed by atoms with Crippen molar-refractivity contribution >= 4 is 23.2 Å². The molecule has 1 aromatic heterocycles. The highest BCUT2D eigenvalue weighted by Gasteiger charge is 2.22. The smallest absolute Gasteiger partial charge is 0.305 e. The van der Waals surface area contributed by atoms with Gasteiger partial charge in [-0.25, -0.2) is 4.98 Å². The minimum atomic E-state index is -1.01. The summed E-state index contributed by atoms with van der Waals surface area (Å²) in [5.41, 5.74) is 3.15. The third-order valence-corrected chi connectivity index (χ3v) is 4.26. The number of ether oxygens (including phenoxy) is 2. The summed E-state index contributed by atoms with van der Waals surface area (Å²) in [6.07, 6.45) is 0.498. The Morgan fingerprint density at radius 3 is 2.72 bits per heavy atom. The second-order valence-corrected chi connectivity index (χ2v) is 6.02. The normalized spacial score (nSPS) is 11.6. The highest BCUT2D eigenvalue weighted by molar-refractivity contribution is 7.07. The number of thiazole rings is 1. The summed E-state index contributed by atoms with van der Waals surface area (Å²) in [6, 6.07) is 4.37. The van der Waals surface area contributed by atoms with Gasteiger partial charge in [0.05, 0.1) is 37.9 Å². The average molecular weight is 364 g/mol. The van der Waals surface area contributed by atoms with Gasteiger partial charge in [-0.15, -0.1) is 11.3 Å². The number of hydrogen-bond acceptors (Lipinski definition) is 6. The first-order valence-corrected chi connectivity index (χ1v) is 8.58. The SMILES string of the molecule is COc1ccc(C(CC(=O)O)NC(=O)CCc2cscn2)c(OC)c1. The lowest BCUT2D eigenvalue weighted by molar-refractivity contribution is -0.137. The number of nitrogens with one attached hydrogen (secondary N) is 1. The van der Waals surface area contributed by atoms with Gasteiger partial charge in [-0.3, -0.25) is 9.59 Å². The number of nitrogens with zero attached hydrogens (tertiary/aromatic N) is 1. The minimum absolute atomic E-state index is 0.234. The van der Waals surface area contributed by atoms with E-state index in [2.05, 4.69) is 10.3 Å². The van der Waals surface area contributed by atoms with Crippen LogP contribution < -0.4 is 14.8 Å². The number of amides is 1. The largest absolute Gasteiger partial charge is 0.497 e. The number of aromatic nitrogens is 1. The molecule has 1 amide bonds. The van der Waals surface area contributed by atoms with Gasteiger partial charge in [-0.1, -0.05) is 0 Å². The molecule has 2 aromatic rings. The molecule has 0 saturated carbocycles. The summed E-state index contributed by atoms with van der Waals surface area (Å²) in [7, 11) is 3.02. The highest BCUT2D eigenvalue weighted by atomic mass is 32.1. The lowest BCUT2D eigenvalue weighted by atomic mass is 10.0. The third kappa shape index (κ3) is 5.46. The number of carboxylic acids is 1. The van der Waals surface area contributed by atoms with Crippen molar-refractivity contribution in [3.63, 3.8) is 0 Å². The summed E-state index contributed by atoms with van der Waals surface area (Å²) >= 11 is 1.47. The predicted molar refractivity (Wildman–Crippen MR) is 93.1 cm³/mol. The third-order valence-electron chi connectivity index (χ3n) is 3.62. The van der Waals surface area contributed by atoms with Crippen molar-refractivity contribution in [1.29, 1.82) is 0 Å². The number of rotatable bonds is 9. The summed E-state index contributed by atoms with van der Waals surface area (Å²) in [4.78, 5) is 27.6. The van der Waals surface area contributed by atoms with Crippen molar-refractivity contribution in [2.75, 3.05) is 14.2 Å². The maximum absolute atomic E-state index is 12.2. The number of aliphatic carboxylic acids is 1. The number of methoxy groups -OCH3 is 2. The molecule has 134 valence electrons. The molecule has 1 unspecified atom stereocenters. The van der Waals surface area contributed by atoms with Crippen molar-refractivity contribution in [3.8, 4) is 11.5 Å². The van der Waals surface area contributed by atoms with Crippen molar-refractivity contribution in [2.45, 2.75) is 25.3 Å². The van der Waals surface area contributed by atoms with Crippen LogP contribution in [0.3, 0.4) is 0 Å². The van der Waals surface area contributed by atoms with E-state index >= 15 is 0 Å². The molecule has 1 aromatic carbocycles. The molecule has 0 fully saturated rings. The molecule has 2 rings (SSSR count). The van der Waals surface area contributed by atoms with Crippen LogP contribution in [0.5, 0.6) is 11.5 Å². The van der Waals surface area contributed by atoms with E-state index in [1.165, 1.54) is 25.6 Å². The lowest BCUT2D eigenvalue weighted by Crippen LogP contribution is -2.30. The topological polar surface area (TPSA) is 97.8 Å². The molecule has 0 saturated heterocycles. The quantitative estimate of drug-likeness (QED) is 0.709. The molecule has 0 aliphatic heterocycles. The second kappa shape index (κ2) is 9.03. The van der Waals surface area contributed by atoms with Crippen LogP contribution >= 0.6 is 11.3 Å². The first kappa shape index (κ1) is 18.7.